The average Bonchev–Trinajstić information content (AvgIpc) is 3.35. The summed E-state index contributed by atoms with van der Waals surface area (Å²) in [5, 5.41) is 7.35. The van der Waals surface area contributed by atoms with Crippen LogP contribution in [0.1, 0.15) is 41.2 Å². The Bertz CT molecular complexity index is 899. The molecule has 1 atom stereocenters. The Kier molecular flexibility index (Phi) is 3.80. The number of amides is 1. The molecule has 0 saturated carbocycles. The summed E-state index contributed by atoms with van der Waals surface area (Å²) in [4.78, 5) is 14.7. The lowest BCUT2D eigenvalue weighted by atomic mass is 10.00. The number of hydrogen-bond donors (Lipinski definition) is 1. The van der Waals surface area contributed by atoms with Crippen LogP contribution in [0.15, 0.2) is 47.1 Å². The van der Waals surface area contributed by atoms with E-state index in [0.29, 0.717) is 12.2 Å². The molecule has 0 fully saturated rings. The number of aromatic nitrogens is 2. The molecule has 128 valence electrons. The first kappa shape index (κ1) is 15.5. The largest absolute Gasteiger partial charge is 0.497 e. The van der Waals surface area contributed by atoms with Crippen LogP contribution in [0, 0.1) is 0 Å². The summed E-state index contributed by atoms with van der Waals surface area (Å²) in [5.41, 5.74) is 3.05. The first-order chi connectivity index (χ1) is 12.2. The fraction of sp³-hybridized carbons (Fsp3) is 0.263. The highest BCUT2D eigenvalue weighted by molar-refractivity contribution is 6.00. The molecule has 0 radical (unpaired) electrons. The molecule has 0 unspecified atom stereocenters. The fourth-order valence-electron chi connectivity index (χ4n) is 3.40. The molecule has 1 aromatic carbocycles. The summed E-state index contributed by atoms with van der Waals surface area (Å²) >= 11 is 0. The van der Waals surface area contributed by atoms with Gasteiger partial charge in [-0.1, -0.05) is 19.1 Å². The molecular formula is C19H19N3O3. The maximum Gasteiger partial charge on any atom is 0.273 e. The van der Waals surface area contributed by atoms with Crippen molar-refractivity contribution in [1.82, 2.24) is 15.1 Å². The number of H-pyrrole nitrogens is 1. The molecule has 4 rings (SSSR count). The van der Waals surface area contributed by atoms with Gasteiger partial charge in [-0.3, -0.25) is 9.89 Å². The number of ether oxygens (including phenoxy) is 1. The molecule has 1 N–H and O–H groups in total. The minimum Gasteiger partial charge on any atom is -0.497 e. The van der Waals surface area contributed by atoms with Gasteiger partial charge in [0.15, 0.2) is 0 Å². The predicted octanol–water partition coefficient (Wildman–Crippen LogP) is 3.63. The van der Waals surface area contributed by atoms with Crippen molar-refractivity contribution in [2.75, 3.05) is 13.7 Å². The number of carbonyl (C=O) groups excluding carboxylic acids is 1. The highest BCUT2D eigenvalue weighted by Crippen LogP contribution is 2.43. The fourth-order valence-corrected chi connectivity index (χ4v) is 3.40. The zero-order valence-corrected chi connectivity index (χ0v) is 14.2. The van der Waals surface area contributed by atoms with Gasteiger partial charge in [-0.15, -0.1) is 0 Å². The first-order valence-electron chi connectivity index (χ1n) is 8.31. The number of benzene rings is 1. The highest BCUT2D eigenvalue weighted by Gasteiger charge is 2.43. The molecule has 2 aromatic heterocycles. The Labute approximate surface area is 145 Å². The smallest absolute Gasteiger partial charge is 0.273 e. The molecule has 6 heteroatoms. The van der Waals surface area contributed by atoms with Gasteiger partial charge in [0.05, 0.1) is 19.1 Å². The number of carbonyl (C=O) groups is 1. The van der Waals surface area contributed by atoms with Crippen LogP contribution in [0.4, 0.5) is 0 Å². The van der Waals surface area contributed by atoms with Crippen LogP contribution in [0.2, 0.25) is 0 Å². The van der Waals surface area contributed by atoms with E-state index < -0.39 is 0 Å². The van der Waals surface area contributed by atoms with Gasteiger partial charge in [-0.05, 0) is 30.7 Å². The molecular weight excluding hydrogens is 318 g/mol. The van der Waals surface area contributed by atoms with Crippen LogP contribution < -0.4 is 4.74 Å². The van der Waals surface area contributed by atoms with Gasteiger partial charge in [-0.2, -0.15) is 5.10 Å². The minimum absolute atomic E-state index is 0.0418. The Morgan fingerprint density at radius 1 is 1.32 bits per heavy atom. The maximum atomic E-state index is 12.8. The number of nitrogens with zero attached hydrogens (tertiary/aromatic N) is 2. The van der Waals surface area contributed by atoms with Crippen molar-refractivity contribution in [2.24, 2.45) is 0 Å². The minimum atomic E-state index is -0.266. The zero-order chi connectivity index (χ0) is 17.4. The Morgan fingerprint density at radius 3 is 2.92 bits per heavy atom. The quantitative estimate of drug-likeness (QED) is 0.772. The number of nitrogens with one attached hydrogen (secondary N) is 1. The lowest BCUT2D eigenvalue weighted by Gasteiger charge is -2.23. The number of furan rings is 1. The number of rotatable bonds is 5. The number of hydrogen-bond acceptors (Lipinski definition) is 4. The van der Waals surface area contributed by atoms with E-state index in [2.05, 4.69) is 17.1 Å². The van der Waals surface area contributed by atoms with Crippen LogP contribution >= 0.6 is 0 Å². The number of fused-ring (bicyclic) bond motifs is 1. The van der Waals surface area contributed by atoms with Gasteiger partial charge >= 0.3 is 0 Å². The van der Waals surface area contributed by atoms with E-state index in [1.807, 2.05) is 41.3 Å². The normalized spacial score (nSPS) is 16.3. The topological polar surface area (TPSA) is 71.4 Å². The first-order valence-corrected chi connectivity index (χ1v) is 8.31. The van der Waals surface area contributed by atoms with Crippen LogP contribution in [-0.4, -0.2) is 34.7 Å². The van der Waals surface area contributed by atoms with Gasteiger partial charge in [0.1, 0.15) is 23.2 Å². The van der Waals surface area contributed by atoms with Crippen molar-refractivity contribution in [3.63, 3.8) is 0 Å². The molecule has 0 aliphatic carbocycles. The third-order valence-electron chi connectivity index (χ3n) is 4.48. The van der Waals surface area contributed by atoms with Crippen molar-refractivity contribution >= 4 is 5.91 Å². The molecule has 3 aromatic rings. The number of aromatic amines is 1. The summed E-state index contributed by atoms with van der Waals surface area (Å²) in [5.74, 6) is 1.45. The molecule has 0 spiro atoms. The van der Waals surface area contributed by atoms with Gasteiger partial charge in [-0.25, -0.2) is 0 Å². The third kappa shape index (κ3) is 2.41. The van der Waals surface area contributed by atoms with Crippen LogP contribution in [0.3, 0.4) is 0 Å². The SMILES string of the molecule is CCCN1C(=O)c2[nH]nc(-c3cccc(OC)c3)c2[C@H]1c1ccco1. The van der Waals surface area contributed by atoms with E-state index in [9.17, 15) is 4.79 Å². The molecule has 0 bridgehead atoms. The molecule has 3 heterocycles. The van der Waals surface area contributed by atoms with Gasteiger partial charge in [0, 0.05) is 17.7 Å². The summed E-state index contributed by atoms with van der Waals surface area (Å²) in [6.07, 6.45) is 2.50. The van der Waals surface area contributed by atoms with Gasteiger partial charge in [0.25, 0.3) is 5.91 Å². The average molecular weight is 337 g/mol. The Morgan fingerprint density at radius 2 is 2.20 bits per heavy atom. The third-order valence-corrected chi connectivity index (χ3v) is 4.48. The van der Waals surface area contributed by atoms with Crippen molar-refractivity contribution in [3.8, 4) is 17.0 Å². The Balaban J connectivity index is 1.87. The predicted molar refractivity (Wildman–Crippen MR) is 92.5 cm³/mol. The van der Waals surface area contributed by atoms with Crippen LogP contribution in [-0.2, 0) is 0 Å². The van der Waals surface area contributed by atoms with E-state index in [4.69, 9.17) is 9.15 Å². The van der Waals surface area contributed by atoms with Crippen LogP contribution in [0.5, 0.6) is 5.75 Å². The zero-order valence-electron chi connectivity index (χ0n) is 14.2. The second kappa shape index (κ2) is 6.12. The second-order valence-electron chi connectivity index (χ2n) is 6.01. The van der Waals surface area contributed by atoms with E-state index in [-0.39, 0.29) is 11.9 Å². The summed E-state index contributed by atoms with van der Waals surface area (Å²) in [6.45, 7) is 2.71. The monoisotopic (exact) mass is 337 g/mol. The summed E-state index contributed by atoms with van der Waals surface area (Å²) < 4.78 is 11.0. The second-order valence-corrected chi connectivity index (χ2v) is 6.01. The maximum absolute atomic E-state index is 12.8. The molecule has 25 heavy (non-hydrogen) atoms. The van der Waals surface area contributed by atoms with Crippen molar-refractivity contribution in [3.05, 3.63) is 59.7 Å². The summed E-state index contributed by atoms with van der Waals surface area (Å²) in [7, 11) is 1.63. The standard InChI is InChI=1S/C19H19N3O3/c1-3-9-22-18(14-8-5-10-25-14)15-16(20-21-17(15)19(22)23)12-6-4-7-13(11-12)24-2/h4-8,10-11,18H,3,9H2,1-2H3,(H,20,21)/t18-/m1/s1. The van der Waals surface area contributed by atoms with E-state index in [1.165, 1.54) is 0 Å². The molecule has 1 aliphatic heterocycles. The van der Waals surface area contributed by atoms with Gasteiger partial charge < -0.3 is 14.1 Å². The Hall–Kier alpha value is -3.02. The van der Waals surface area contributed by atoms with Crippen molar-refractivity contribution < 1.29 is 13.9 Å². The highest BCUT2D eigenvalue weighted by atomic mass is 16.5. The molecule has 1 amide bonds. The van der Waals surface area contributed by atoms with E-state index in [0.717, 1.165) is 34.8 Å². The lowest BCUT2D eigenvalue weighted by Crippen LogP contribution is -2.30. The van der Waals surface area contributed by atoms with E-state index in [1.54, 1.807) is 13.4 Å². The number of methoxy groups -OCH3 is 1. The van der Waals surface area contributed by atoms with Gasteiger partial charge in [0.2, 0.25) is 0 Å². The summed E-state index contributed by atoms with van der Waals surface area (Å²) in [6, 6.07) is 11.2. The molecule has 6 nitrogen and oxygen atoms in total. The molecule has 0 saturated heterocycles. The van der Waals surface area contributed by atoms with E-state index >= 15 is 0 Å². The van der Waals surface area contributed by atoms with Crippen molar-refractivity contribution in [1.29, 1.82) is 0 Å². The molecule has 1 aliphatic rings. The van der Waals surface area contributed by atoms with Crippen molar-refractivity contribution in [2.45, 2.75) is 19.4 Å². The lowest BCUT2D eigenvalue weighted by molar-refractivity contribution is 0.0730. The van der Waals surface area contributed by atoms with Crippen LogP contribution in [0.25, 0.3) is 11.3 Å².